The molecule has 2 aliphatic heterocycles. The first-order valence-corrected chi connectivity index (χ1v) is 7.67. The van der Waals surface area contributed by atoms with E-state index in [0.29, 0.717) is 6.04 Å². The number of ether oxygens (including phenoxy) is 1. The summed E-state index contributed by atoms with van der Waals surface area (Å²) in [5, 5.41) is 3.64. The second kappa shape index (κ2) is 6.12. The van der Waals surface area contributed by atoms with Gasteiger partial charge in [-0.05, 0) is 58.9 Å². The zero-order valence-electron chi connectivity index (χ0n) is 12.6. The summed E-state index contributed by atoms with van der Waals surface area (Å²) >= 11 is 0. The van der Waals surface area contributed by atoms with Crippen LogP contribution in [0.25, 0.3) is 0 Å². The van der Waals surface area contributed by atoms with Gasteiger partial charge in [0.2, 0.25) is 0 Å². The summed E-state index contributed by atoms with van der Waals surface area (Å²) in [4.78, 5) is 13.9. The summed E-state index contributed by atoms with van der Waals surface area (Å²) in [5.74, 6) is 0.735. The zero-order valence-corrected chi connectivity index (χ0v) is 12.6. The molecule has 0 aromatic heterocycles. The van der Waals surface area contributed by atoms with E-state index < -0.39 is 5.60 Å². The first kappa shape index (κ1) is 14.6. The molecule has 0 aromatic rings. The standard InChI is InChI=1S/C15H28N2O2/c1-15(2,3)19-14(18)17-10-7-12(8-11-17)13-6-4-5-9-16-13/h12-13,16H,4-11H2,1-3H3. The minimum atomic E-state index is -0.390. The van der Waals surface area contributed by atoms with E-state index in [1.54, 1.807) is 0 Å². The highest BCUT2D eigenvalue weighted by Gasteiger charge is 2.30. The van der Waals surface area contributed by atoms with Gasteiger partial charge in [0.15, 0.2) is 0 Å². The average molecular weight is 268 g/mol. The molecule has 1 N–H and O–H groups in total. The van der Waals surface area contributed by atoms with Crippen molar-refractivity contribution in [2.24, 2.45) is 5.92 Å². The van der Waals surface area contributed by atoms with Gasteiger partial charge in [-0.15, -0.1) is 0 Å². The van der Waals surface area contributed by atoms with Crippen LogP contribution in [-0.2, 0) is 4.74 Å². The van der Waals surface area contributed by atoms with Crippen molar-refractivity contribution in [2.75, 3.05) is 19.6 Å². The number of likely N-dealkylation sites (tertiary alicyclic amines) is 1. The van der Waals surface area contributed by atoms with Crippen LogP contribution in [0.15, 0.2) is 0 Å². The molecule has 4 nitrogen and oxygen atoms in total. The summed E-state index contributed by atoms with van der Waals surface area (Å²) in [5.41, 5.74) is -0.390. The van der Waals surface area contributed by atoms with Gasteiger partial charge < -0.3 is 15.0 Å². The number of amides is 1. The molecule has 110 valence electrons. The normalized spacial score (nSPS) is 26.3. The Morgan fingerprint density at radius 3 is 2.37 bits per heavy atom. The lowest BCUT2D eigenvalue weighted by atomic mass is 9.85. The third kappa shape index (κ3) is 4.37. The van der Waals surface area contributed by atoms with Crippen molar-refractivity contribution in [3.8, 4) is 0 Å². The highest BCUT2D eigenvalue weighted by molar-refractivity contribution is 5.68. The van der Waals surface area contributed by atoms with Gasteiger partial charge in [0.1, 0.15) is 5.60 Å². The lowest BCUT2D eigenvalue weighted by Crippen LogP contribution is -2.47. The average Bonchev–Trinajstić information content (AvgIpc) is 2.38. The fraction of sp³-hybridized carbons (Fsp3) is 0.933. The highest BCUT2D eigenvalue weighted by Crippen LogP contribution is 2.26. The molecule has 4 heteroatoms. The molecule has 1 amide bonds. The number of carbonyl (C=O) groups is 1. The maximum atomic E-state index is 12.0. The van der Waals surface area contributed by atoms with Gasteiger partial charge in [-0.1, -0.05) is 6.42 Å². The predicted octanol–water partition coefficient (Wildman–Crippen LogP) is 2.78. The van der Waals surface area contributed by atoms with Crippen molar-refractivity contribution in [1.82, 2.24) is 10.2 Å². The van der Waals surface area contributed by atoms with Crippen LogP contribution in [0.2, 0.25) is 0 Å². The Kier molecular flexibility index (Phi) is 4.71. The predicted molar refractivity (Wildman–Crippen MR) is 76.2 cm³/mol. The van der Waals surface area contributed by atoms with Gasteiger partial charge in [0.25, 0.3) is 0 Å². The van der Waals surface area contributed by atoms with Crippen LogP contribution >= 0.6 is 0 Å². The Morgan fingerprint density at radius 2 is 1.84 bits per heavy atom. The van der Waals surface area contributed by atoms with Crippen LogP contribution in [0.1, 0.15) is 52.9 Å². The summed E-state index contributed by atoms with van der Waals surface area (Å²) in [6.45, 7) is 8.61. The fourth-order valence-corrected chi connectivity index (χ4v) is 3.09. The van der Waals surface area contributed by atoms with Crippen LogP contribution in [0.4, 0.5) is 4.79 Å². The van der Waals surface area contributed by atoms with Crippen LogP contribution in [0, 0.1) is 5.92 Å². The molecule has 2 fully saturated rings. The van der Waals surface area contributed by atoms with Gasteiger partial charge in [0.05, 0.1) is 0 Å². The van der Waals surface area contributed by atoms with Crippen molar-refractivity contribution in [3.05, 3.63) is 0 Å². The van der Waals surface area contributed by atoms with Crippen molar-refractivity contribution in [3.63, 3.8) is 0 Å². The lowest BCUT2D eigenvalue weighted by molar-refractivity contribution is 0.0164. The summed E-state index contributed by atoms with van der Waals surface area (Å²) in [7, 11) is 0. The second-order valence-corrected chi connectivity index (χ2v) is 6.86. The van der Waals surface area contributed by atoms with Gasteiger partial charge in [-0.3, -0.25) is 0 Å². The molecule has 19 heavy (non-hydrogen) atoms. The van der Waals surface area contributed by atoms with Crippen molar-refractivity contribution in [2.45, 2.75) is 64.5 Å². The molecular weight excluding hydrogens is 240 g/mol. The van der Waals surface area contributed by atoms with E-state index in [4.69, 9.17) is 4.74 Å². The number of rotatable bonds is 1. The monoisotopic (exact) mass is 268 g/mol. The number of carbonyl (C=O) groups excluding carboxylic acids is 1. The van der Waals surface area contributed by atoms with Gasteiger partial charge in [-0.25, -0.2) is 4.79 Å². The summed E-state index contributed by atoms with van der Waals surface area (Å²) in [6.07, 6.45) is 6.03. The Hall–Kier alpha value is -0.770. The third-order valence-electron chi connectivity index (χ3n) is 4.11. The van der Waals surface area contributed by atoms with E-state index in [9.17, 15) is 4.79 Å². The maximum absolute atomic E-state index is 12.0. The Bertz CT molecular complexity index is 298. The van der Waals surface area contributed by atoms with Crippen LogP contribution in [0.5, 0.6) is 0 Å². The number of piperidine rings is 2. The zero-order chi connectivity index (χ0) is 13.9. The Labute approximate surface area is 116 Å². The molecule has 0 aromatic carbocycles. The van der Waals surface area contributed by atoms with Gasteiger partial charge in [0, 0.05) is 19.1 Å². The van der Waals surface area contributed by atoms with E-state index >= 15 is 0 Å². The summed E-state index contributed by atoms with van der Waals surface area (Å²) < 4.78 is 5.43. The minimum absolute atomic E-state index is 0.150. The maximum Gasteiger partial charge on any atom is 0.410 e. The molecule has 2 aliphatic rings. The van der Waals surface area contributed by atoms with Gasteiger partial charge in [-0.2, -0.15) is 0 Å². The molecule has 0 spiro atoms. The van der Waals surface area contributed by atoms with E-state index in [1.807, 2.05) is 25.7 Å². The molecule has 2 heterocycles. The van der Waals surface area contributed by atoms with Crippen LogP contribution in [0.3, 0.4) is 0 Å². The molecule has 2 saturated heterocycles. The largest absolute Gasteiger partial charge is 0.444 e. The molecule has 0 radical (unpaired) electrons. The number of nitrogens with one attached hydrogen (secondary N) is 1. The number of hydrogen-bond acceptors (Lipinski definition) is 3. The van der Waals surface area contributed by atoms with Gasteiger partial charge >= 0.3 is 6.09 Å². The highest BCUT2D eigenvalue weighted by atomic mass is 16.6. The molecule has 0 aliphatic carbocycles. The quantitative estimate of drug-likeness (QED) is 0.795. The van der Waals surface area contributed by atoms with E-state index in [2.05, 4.69) is 5.32 Å². The molecule has 0 saturated carbocycles. The SMILES string of the molecule is CC(C)(C)OC(=O)N1CCC(C2CCCCN2)CC1. The smallest absolute Gasteiger partial charge is 0.410 e. The van der Waals surface area contributed by atoms with Crippen LogP contribution in [-0.4, -0.2) is 42.3 Å². The molecule has 0 bridgehead atoms. The second-order valence-electron chi connectivity index (χ2n) is 6.86. The third-order valence-corrected chi connectivity index (χ3v) is 4.11. The van der Waals surface area contributed by atoms with E-state index in [-0.39, 0.29) is 6.09 Å². The molecule has 2 rings (SSSR count). The fourth-order valence-electron chi connectivity index (χ4n) is 3.09. The molecular formula is C15H28N2O2. The molecule has 1 atom stereocenters. The first-order valence-electron chi connectivity index (χ1n) is 7.67. The Morgan fingerprint density at radius 1 is 1.16 bits per heavy atom. The lowest BCUT2D eigenvalue weighted by Gasteiger charge is -2.38. The Balaban J connectivity index is 1.77. The topological polar surface area (TPSA) is 41.6 Å². The van der Waals surface area contributed by atoms with Crippen molar-refractivity contribution < 1.29 is 9.53 Å². The summed E-state index contributed by atoms with van der Waals surface area (Å²) in [6, 6.07) is 0.675. The first-order chi connectivity index (χ1) is 8.96. The van der Waals surface area contributed by atoms with Crippen LogP contribution < -0.4 is 5.32 Å². The minimum Gasteiger partial charge on any atom is -0.444 e. The van der Waals surface area contributed by atoms with Crippen molar-refractivity contribution >= 4 is 6.09 Å². The molecule has 1 unspecified atom stereocenters. The number of hydrogen-bond donors (Lipinski definition) is 1. The van der Waals surface area contributed by atoms with E-state index in [0.717, 1.165) is 38.4 Å². The van der Waals surface area contributed by atoms with Crippen molar-refractivity contribution in [1.29, 1.82) is 0 Å². The van der Waals surface area contributed by atoms with E-state index in [1.165, 1.54) is 19.3 Å². The number of nitrogens with zero attached hydrogens (tertiary/aromatic N) is 1.